The Kier molecular flexibility index (Phi) is 10.2. The molecule has 12 heteroatoms. The highest BCUT2D eigenvalue weighted by Gasteiger charge is 2.41. The quantitative estimate of drug-likeness (QED) is 0.138. The Morgan fingerprint density at radius 1 is 0.647 bits per heavy atom. The summed E-state index contributed by atoms with van der Waals surface area (Å²) in [6.45, 7) is 7.78. The highest BCUT2D eigenvalue weighted by molar-refractivity contribution is 5.75. The van der Waals surface area contributed by atoms with Crippen LogP contribution in [0.5, 0.6) is 34.8 Å². The van der Waals surface area contributed by atoms with Crippen molar-refractivity contribution in [3.05, 3.63) is 128 Å². The van der Waals surface area contributed by atoms with Crippen LogP contribution in [-0.4, -0.2) is 44.1 Å². The van der Waals surface area contributed by atoms with E-state index in [0.29, 0.717) is 62.8 Å². The fourth-order valence-corrected chi connectivity index (χ4v) is 5.03. The number of hydrogen-bond donors (Lipinski definition) is 0. The molecule has 0 amide bonds. The van der Waals surface area contributed by atoms with E-state index in [4.69, 9.17) is 18.9 Å². The highest BCUT2D eigenvalue weighted by atomic mass is 19.1. The van der Waals surface area contributed by atoms with Crippen molar-refractivity contribution in [2.24, 2.45) is 0 Å². The van der Waals surface area contributed by atoms with Crippen LogP contribution in [0.4, 0.5) is 8.78 Å². The molecule has 51 heavy (non-hydrogen) atoms. The number of benzene rings is 2. The zero-order valence-corrected chi connectivity index (χ0v) is 28.4. The number of nitrogens with zero attached hydrogens (tertiary/aromatic N) is 6. The van der Waals surface area contributed by atoms with E-state index >= 15 is 0 Å². The smallest absolute Gasteiger partial charge is 0.227 e. The van der Waals surface area contributed by atoms with Crippen LogP contribution in [0.1, 0.15) is 38.3 Å². The molecule has 1 aliphatic carbocycles. The van der Waals surface area contributed by atoms with E-state index < -0.39 is 0 Å². The van der Waals surface area contributed by atoms with Crippen molar-refractivity contribution in [2.45, 2.75) is 32.1 Å². The number of rotatable bonds is 10. The normalized spacial score (nSPS) is 12.6. The van der Waals surface area contributed by atoms with Gasteiger partial charge in [-0.25, -0.2) is 38.7 Å². The van der Waals surface area contributed by atoms with Gasteiger partial charge in [-0.1, -0.05) is 13.5 Å². The van der Waals surface area contributed by atoms with E-state index in [2.05, 4.69) is 43.4 Å². The summed E-state index contributed by atoms with van der Waals surface area (Å²) >= 11 is 0. The third kappa shape index (κ3) is 8.13. The van der Waals surface area contributed by atoms with Crippen molar-refractivity contribution in [3.8, 4) is 57.0 Å². The summed E-state index contributed by atoms with van der Waals surface area (Å²) in [5.41, 5.74) is 3.61. The van der Waals surface area contributed by atoms with Crippen LogP contribution in [0, 0.1) is 11.6 Å². The first kappa shape index (κ1) is 34.6. The lowest BCUT2D eigenvalue weighted by Gasteiger charge is -2.13. The number of ether oxygens (including phenoxy) is 4. The van der Waals surface area contributed by atoms with Gasteiger partial charge in [-0.15, -0.1) is 0 Å². The molecule has 1 fully saturated rings. The second-order valence-electron chi connectivity index (χ2n) is 11.9. The van der Waals surface area contributed by atoms with Gasteiger partial charge in [0.2, 0.25) is 11.8 Å². The molecule has 0 spiro atoms. The third-order valence-corrected chi connectivity index (χ3v) is 8.06. The van der Waals surface area contributed by atoms with E-state index in [1.165, 1.54) is 38.5 Å². The fourth-order valence-electron chi connectivity index (χ4n) is 5.03. The van der Waals surface area contributed by atoms with Gasteiger partial charge in [-0.2, -0.15) is 0 Å². The molecule has 6 aromatic rings. The summed E-state index contributed by atoms with van der Waals surface area (Å²) in [4.78, 5) is 25.8. The number of methoxy groups -OCH3 is 2. The Bertz CT molecular complexity index is 2160. The average Bonchev–Trinajstić information content (AvgIpc) is 3.91. The SMILES string of the molecule is C=C(C)c1ncc(Oc2ncccc2-c2ccc(F)cc2OC)cn1.COc1cc(F)ccc1-c1cccnc1Oc1cnc(C2(C)CC2)nc1. The molecular weight excluding hydrogens is 654 g/mol. The molecule has 10 nitrogen and oxygen atoms in total. The van der Waals surface area contributed by atoms with Gasteiger partial charge in [0, 0.05) is 52.2 Å². The highest BCUT2D eigenvalue weighted by Crippen LogP contribution is 2.46. The summed E-state index contributed by atoms with van der Waals surface area (Å²) in [6.07, 6.45) is 11.9. The Morgan fingerprint density at radius 3 is 1.51 bits per heavy atom. The number of hydrogen-bond acceptors (Lipinski definition) is 10. The van der Waals surface area contributed by atoms with E-state index in [1.807, 2.05) is 19.1 Å². The molecule has 7 rings (SSSR count). The molecule has 1 saturated carbocycles. The maximum Gasteiger partial charge on any atom is 0.227 e. The number of aromatic nitrogens is 6. The molecule has 0 bridgehead atoms. The standard InChI is InChI=1S/C20H18FN3O2.C19H16FN3O2/c1-20(7-8-20)19-23-11-14(12-24-19)26-18-16(4-3-9-22-18)15-6-5-13(21)10-17(15)25-2;1-12(2)18-22-10-14(11-23-18)25-19-16(5-4-8-21-19)15-7-6-13(20)9-17(15)24-3/h3-6,9-12H,7-8H2,1-2H3;4-11H,1H2,2-3H3. The molecule has 0 unspecified atom stereocenters. The second-order valence-corrected chi connectivity index (χ2v) is 11.9. The van der Waals surface area contributed by atoms with Crippen molar-refractivity contribution >= 4 is 5.57 Å². The molecule has 0 aliphatic heterocycles. The van der Waals surface area contributed by atoms with Gasteiger partial charge < -0.3 is 18.9 Å². The minimum absolute atomic E-state index is 0.107. The van der Waals surface area contributed by atoms with E-state index in [1.54, 1.807) is 61.4 Å². The predicted octanol–water partition coefficient (Wildman–Crippen LogP) is 9.04. The Morgan fingerprint density at radius 2 is 1.10 bits per heavy atom. The third-order valence-electron chi connectivity index (χ3n) is 8.06. The summed E-state index contributed by atoms with van der Waals surface area (Å²) in [5.74, 6) is 3.11. The van der Waals surface area contributed by atoms with Crippen LogP contribution in [0.15, 0.2) is 104 Å². The van der Waals surface area contributed by atoms with Gasteiger partial charge in [-0.05, 0) is 73.9 Å². The summed E-state index contributed by atoms with van der Waals surface area (Å²) in [7, 11) is 2.99. The number of halogens is 2. The van der Waals surface area contributed by atoms with E-state index in [-0.39, 0.29) is 17.0 Å². The summed E-state index contributed by atoms with van der Waals surface area (Å²) in [5, 5.41) is 0. The zero-order valence-electron chi connectivity index (χ0n) is 28.4. The molecule has 0 N–H and O–H groups in total. The fraction of sp³-hybridized carbons (Fsp3) is 0.179. The molecule has 1 aliphatic rings. The molecular formula is C39H34F2N6O4. The molecule has 4 aromatic heterocycles. The van der Waals surface area contributed by atoms with Gasteiger partial charge in [0.25, 0.3) is 0 Å². The molecule has 0 atom stereocenters. The first-order chi connectivity index (χ1) is 24.7. The van der Waals surface area contributed by atoms with Crippen LogP contribution in [0.25, 0.3) is 27.8 Å². The largest absolute Gasteiger partial charge is 0.496 e. The van der Waals surface area contributed by atoms with E-state index in [9.17, 15) is 8.78 Å². The van der Waals surface area contributed by atoms with Crippen LogP contribution < -0.4 is 18.9 Å². The lowest BCUT2D eigenvalue weighted by Crippen LogP contribution is -2.06. The molecule has 4 heterocycles. The zero-order chi connectivity index (χ0) is 36.0. The molecule has 258 valence electrons. The monoisotopic (exact) mass is 688 g/mol. The van der Waals surface area contributed by atoms with Crippen LogP contribution in [0.3, 0.4) is 0 Å². The lowest BCUT2D eigenvalue weighted by atomic mass is 10.1. The van der Waals surface area contributed by atoms with Crippen LogP contribution in [0.2, 0.25) is 0 Å². The Balaban J connectivity index is 0.000000176. The van der Waals surface area contributed by atoms with Crippen molar-refractivity contribution in [1.82, 2.24) is 29.9 Å². The van der Waals surface area contributed by atoms with Gasteiger partial charge in [-0.3, -0.25) is 0 Å². The predicted molar refractivity (Wildman–Crippen MR) is 188 cm³/mol. The van der Waals surface area contributed by atoms with Gasteiger partial charge in [0.15, 0.2) is 17.3 Å². The van der Waals surface area contributed by atoms with Crippen LogP contribution >= 0.6 is 0 Å². The van der Waals surface area contributed by atoms with Gasteiger partial charge in [0.1, 0.15) is 29.0 Å². The van der Waals surface area contributed by atoms with Crippen molar-refractivity contribution < 1.29 is 27.7 Å². The molecule has 0 radical (unpaired) electrons. The van der Waals surface area contributed by atoms with E-state index in [0.717, 1.165) is 24.2 Å². The number of pyridine rings is 2. The van der Waals surface area contributed by atoms with Gasteiger partial charge in [0.05, 0.1) is 39.0 Å². The lowest BCUT2D eigenvalue weighted by molar-refractivity contribution is 0.412. The van der Waals surface area contributed by atoms with Crippen molar-refractivity contribution in [1.29, 1.82) is 0 Å². The molecule has 2 aromatic carbocycles. The average molecular weight is 689 g/mol. The Hall–Kier alpha value is -6.30. The van der Waals surface area contributed by atoms with Gasteiger partial charge >= 0.3 is 0 Å². The maximum absolute atomic E-state index is 13.5. The van der Waals surface area contributed by atoms with Crippen LogP contribution in [-0.2, 0) is 5.41 Å². The second kappa shape index (κ2) is 15.1. The van der Waals surface area contributed by atoms with Crippen molar-refractivity contribution in [2.75, 3.05) is 14.2 Å². The maximum atomic E-state index is 13.5. The number of allylic oxidation sites excluding steroid dienone is 1. The topological polar surface area (TPSA) is 114 Å². The minimum atomic E-state index is -0.379. The van der Waals surface area contributed by atoms with Crippen molar-refractivity contribution in [3.63, 3.8) is 0 Å². The summed E-state index contributed by atoms with van der Waals surface area (Å²) < 4.78 is 49.2. The first-order valence-corrected chi connectivity index (χ1v) is 15.9. The minimum Gasteiger partial charge on any atom is -0.496 e. The summed E-state index contributed by atoms with van der Waals surface area (Å²) in [6, 6.07) is 15.9. The molecule has 0 saturated heterocycles. The Labute approximate surface area is 293 Å². The first-order valence-electron chi connectivity index (χ1n) is 15.9.